The fraction of sp³-hybridized carbons (Fsp3) is 0.500. The van der Waals surface area contributed by atoms with E-state index in [1.54, 1.807) is 23.1 Å². The Morgan fingerprint density at radius 3 is 2.42 bits per heavy atom. The number of rotatable bonds is 5. The highest BCUT2D eigenvalue weighted by atomic mass is 32.2. The lowest BCUT2D eigenvalue weighted by Gasteiger charge is -2.35. The number of hydrogen-bond acceptors (Lipinski definition) is 6. The fourth-order valence-electron chi connectivity index (χ4n) is 4.31. The molecule has 31 heavy (non-hydrogen) atoms. The number of carbonyl (C=O) groups excluding carboxylic acids is 1. The largest absolute Gasteiger partial charge is 0.353 e. The Morgan fingerprint density at radius 1 is 1.03 bits per heavy atom. The van der Waals surface area contributed by atoms with Gasteiger partial charge in [0.25, 0.3) is 5.91 Å². The summed E-state index contributed by atoms with van der Waals surface area (Å²) in [5.41, 5.74) is 1.32. The van der Waals surface area contributed by atoms with Gasteiger partial charge in [0.1, 0.15) is 11.6 Å². The molecule has 2 fully saturated rings. The molecule has 2 aliphatic rings. The van der Waals surface area contributed by atoms with Gasteiger partial charge < -0.3 is 9.80 Å². The van der Waals surface area contributed by atoms with Gasteiger partial charge in [0, 0.05) is 49.5 Å². The summed E-state index contributed by atoms with van der Waals surface area (Å²) in [5, 5.41) is 0. The number of benzene rings is 1. The quantitative estimate of drug-likeness (QED) is 0.762. The zero-order valence-corrected chi connectivity index (χ0v) is 18.9. The smallest absolute Gasteiger partial charge is 0.254 e. The van der Waals surface area contributed by atoms with Crippen LogP contribution in [-0.4, -0.2) is 61.4 Å². The molecule has 8 nitrogen and oxygen atoms in total. The standard InChI is InChI=1S/C22H29N5O3S/c1-16-14-21(24-17(2)23-16)26-10-12-27(13-11-26)22(28)18-6-5-9-20(15-18)31(29,30)25-19-7-3-4-8-19/h5-6,9,14-15,19,25H,3-4,7-8,10-13H2,1-2H3. The van der Waals surface area contributed by atoms with E-state index in [2.05, 4.69) is 19.6 Å². The number of anilines is 1. The van der Waals surface area contributed by atoms with E-state index in [4.69, 9.17) is 0 Å². The summed E-state index contributed by atoms with van der Waals surface area (Å²) in [6.45, 7) is 6.27. The summed E-state index contributed by atoms with van der Waals surface area (Å²) in [4.78, 5) is 25.9. The molecule has 1 saturated heterocycles. The van der Waals surface area contributed by atoms with Crippen molar-refractivity contribution in [2.75, 3.05) is 31.1 Å². The molecule has 1 aliphatic carbocycles. The van der Waals surface area contributed by atoms with Crippen molar-refractivity contribution in [3.8, 4) is 0 Å². The van der Waals surface area contributed by atoms with Crippen molar-refractivity contribution in [1.82, 2.24) is 19.6 Å². The second kappa shape index (κ2) is 8.92. The summed E-state index contributed by atoms with van der Waals surface area (Å²) in [5.74, 6) is 1.47. The third-order valence-corrected chi connectivity index (χ3v) is 7.43. The van der Waals surface area contributed by atoms with Crippen LogP contribution in [0.1, 0.15) is 47.6 Å². The third-order valence-electron chi connectivity index (χ3n) is 5.91. The number of aromatic nitrogens is 2. The number of carbonyl (C=O) groups is 1. The predicted molar refractivity (Wildman–Crippen MR) is 119 cm³/mol. The lowest BCUT2D eigenvalue weighted by Crippen LogP contribution is -2.49. The summed E-state index contributed by atoms with van der Waals surface area (Å²) in [6.07, 6.45) is 3.83. The molecule has 0 atom stereocenters. The van der Waals surface area contributed by atoms with Crippen LogP contribution in [-0.2, 0) is 10.0 Å². The minimum atomic E-state index is -3.63. The van der Waals surface area contributed by atoms with E-state index in [-0.39, 0.29) is 16.8 Å². The van der Waals surface area contributed by atoms with Gasteiger partial charge in [0.15, 0.2) is 0 Å². The molecule has 0 spiro atoms. The van der Waals surface area contributed by atoms with Gasteiger partial charge in [-0.15, -0.1) is 0 Å². The van der Waals surface area contributed by atoms with Gasteiger partial charge >= 0.3 is 0 Å². The summed E-state index contributed by atoms with van der Waals surface area (Å²) in [7, 11) is -3.63. The highest BCUT2D eigenvalue weighted by molar-refractivity contribution is 7.89. The first-order valence-corrected chi connectivity index (χ1v) is 12.3. The van der Waals surface area contributed by atoms with Crippen LogP contribution >= 0.6 is 0 Å². The average molecular weight is 444 g/mol. The Labute approximate surface area is 183 Å². The summed E-state index contributed by atoms with van der Waals surface area (Å²) < 4.78 is 28.3. The Hall–Kier alpha value is -2.52. The molecular formula is C22H29N5O3S. The monoisotopic (exact) mass is 443 g/mol. The van der Waals surface area contributed by atoms with Crippen LogP contribution in [0.15, 0.2) is 35.2 Å². The minimum absolute atomic E-state index is 0.00787. The van der Waals surface area contributed by atoms with Gasteiger partial charge in [-0.3, -0.25) is 4.79 Å². The van der Waals surface area contributed by atoms with Crippen molar-refractivity contribution in [2.24, 2.45) is 0 Å². The number of nitrogens with one attached hydrogen (secondary N) is 1. The number of amides is 1. The Bertz CT molecular complexity index is 1040. The van der Waals surface area contributed by atoms with Gasteiger partial charge in [0.2, 0.25) is 10.0 Å². The Kier molecular flexibility index (Phi) is 6.24. The van der Waals surface area contributed by atoms with Crippen molar-refractivity contribution < 1.29 is 13.2 Å². The number of piperazine rings is 1. The van der Waals surface area contributed by atoms with Gasteiger partial charge in [-0.05, 0) is 44.9 Å². The maximum atomic E-state index is 13.0. The first kappa shape index (κ1) is 21.7. The summed E-state index contributed by atoms with van der Waals surface area (Å²) >= 11 is 0. The minimum Gasteiger partial charge on any atom is -0.353 e. The number of aryl methyl sites for hydroxylation is 2. The number of nitrogens with zero attached hydrogens (tertiary/aromatic N) is 4. The van der Waals surface area contributed by atoms with Crippen LogP contribution in [0.2, 0.25) is 0 Å². The van der Waals surface area contributed by atoms with E-state index in [9.17, 15) is 13.2 Å². The molecule has 1 aliphatic heterocycles. The van der Waals surface area contributed by atoms with E-state index >= 15 is 0 Å². The molecule has 1 N–H and O–H groups in total. The van der Waals surface area contributed by atoms with Gasteiger partial charge in [-0.1, -0.05) is 18.9 Å². The zero-order valence-electron chi connectivity index (χ0n) is 18.0. The highest BCUT2D eigenvalue weighted by Gasteiger charge is 2.26. The zero-order chi connectivity index (χ0) is 22.0. The van der Waals surface area contributed by atoms with E-state index in [0.29, 0.717) is 31.7 Å². The van der Waals surface area contributed by atoms with Gasteiger partial charge in [0.05, 0.1) is 4.90 Å². The van der Waals surface area contributed by atoms with E-state index in [1.807, 2.05) is 19.9 Å². The topological polar surface area (TPSA) is 95.5 Å². The molecule has 1 aromatic carbocycles. The molecule has 2 heterocycles. The normalized spacial score (nSPS) is 17.9. The molecule has 0 radical (unpaired) electrons. The molecule has 1 saturated carbocycles. The average Bonchev–Trinajstić information content (AvgIpc) is 3.25. The third kappa shape index (κ3) is 5.04. The number of sulfonamides is 1. The highest BCUT2D eigenvalue weighted by Crippen LogP contribution is 2.22. The predicted octanol–water partition coefficient (Wildman–Crippen LogP) is 2.28. The molecule has 0 bridgehead atoms. The van der Waals surface area contributed by atoms with E-state index in [0.717, 1.165) is 43.0 Å². The van der Waals surface area contributed by atoms with E-state index < -0.39 is 10.0 Å². The summed E-state index contributed by atoms with van der Waals surface area (Å²) in [6, 6.07) is 8.30. The molecule has 166 valence electrons. The second-order valence-electron chi connectivity index (χ2n) is 8.32. The Balaban J connectivity index is 1.42. The lowest BCUT2D eigenvalue weighted by atomic mass is 10.2. The SMILES string of the molecule is Cc1cc(N2CCN(C(=O)c3cccc(S(=O)(=O)NC4CCCC4)c3)CC2)nc(C)n1. The van der Waals surface area contributed by atoms with Crippen molar-refractivity contribution >= 4 is 21.7 Å². The molecule has 0 unspecified atom stereocenters. The molecule has 1 amide bonds. The maximum absolute atomic E-state index is 13.0. The van der Waals surface area contributed by atoms with Crippen LogP contribution in [0.25, 0.3) is 0 Å². The van der Waals surface area contributed by atoms with Gasteiger partial charge in [-0.2, -0.15) is 0 Å². The van der Waals surface area contributed by atoms with Gasteiger partial charge in [-0.25, -0.2) is 23.1 Å². The Morgan fingerprint density at radius 2 is 1.74 bits per heavy atom. The molecule has 4 rings (SSSR count). The molecular weight excluding hydrogens is 414 g/mol. The lowest BCUT2D eigenvalue weighted by molar-refractivity contribution is 0.0746. The van der Waals surface area contributed by atoms with Crippen molar-refractivity contribution in [1.29, 1.82) is 0 Å². The molecule has 1 aromatic heterocycles. The van der Waals surface area contributed by atoms with Crippen LogP contribution in [0.4, 0.5) is 5.82 Å². The molecule has 9 heteroatoms. The maximum Gasteiger partial charge on any atom is 0.254 e. The number of hydrogen-bond donors (Lipinski definition) is 1. The second-order valence-corrected chi connectivity index (χ2v) is 10.0. The van der Waals surface area contributed by atoms with E-state index in [1.165, 1.54) is 6.07 Å². The first-order valence-electron chi connectivity index (χ1n) is 10.8. The first-order chi connectivity index (χ1) is 14.8. The van der Waals surface area contributed by atoms with Crippen molar-refractivity contribution in [2.45, 2.75) is 50.5 Å². The van der Waals surface area contributed by atoms with Crippen LogP contribution in [0, 0.1) is 13.8 Å². The van der Waals surface area contributed by atoms with Crippen molar-refractivity contribution in [3.63, 3.8) is 0 Å². The molecule has 2 aromatic rings. The van der Waals surface area contributed by atoms with Crippen LogP contribution < -0.4 is 9.62 Å². The fourth-order valence-corrected chi connectivity index (χ4v) is 5.66. The van der Waals surface area contributed by atoms with Crippen molar-refractivity contribution in [3.05, 3.63) is 47.4 Å². The van der Waals surface area contributed by atoms with Crippen LogP contribution in [0.3, 0.4) is 0 Å². The van der Waals surface area contributed by atoms with Crippen LogP contribution in [0.5, 0.6) is 0 Å².